The molecule has 0 unspecified atom stereocenters. The maximum Gasteiger partial charge on any atom is 0.294 e. The minimum Gasteiger partial charge on any atom is -0.495 e. The number of amides is 3. The molecule has 5 rings (SSSR count). The van der Waals surface area contributed by atoms with Crippen molar-refractivity contribution in [3.05, 3.63) is 99.0 Å². The van der Waals surface area contributed by atoms with Crippen LogP contribution in [-0.2, 0) is 16.1 Å². The van der Waals surface area contributed by atoms with Gasteiger partial charge in [-0.15, -0.1) is 0 Å². The smallest absolute Gasteiger partial charge is 0.294 e. The normalized spacial score (nSPS) is 14.5. The van der Waals surface area contributed by atoms with E-state index in [0.717, 1.165) is 38.7 Å². The highest BCUT2D eigenvalue weighted by Gasteiger charge is 2.36. The number of hydrogen-bond donors (Lipinski definition) is 1. The van der Waals surface area contributed by atoms with Crippen molar-refractivity contribution < 1.29 is 19.1 Å². The number of imide groups is 1. The fraction of sp³-hybridized carbons (Fsp3) is 0.107. The summed E-state index contributed by atoms with van der Waals surface area (Å²) in [5, 5.41) is 4.07. The van der Waals surface area contributed by atoms with Gasteiger partial charge >= 0.3 is 0 Å². The number of aromatic nitrogens is 1. The standard InChI is InChI=1S/C28H21Cl2N3O4S/c1-37-24-11-10-19(13-22(24)30)31-26(34)16-33-27(35)25(38-28(33)36)12-18-15-32(23-9-5-3-7-20(18)23)14-17-6-2-4-8-21(17)29/h2-13,15H,14,16H2,1H3,(H,31,34)/b25-12+. The molecule has 1 aliphatic rings. The molecule has 0 bridgehead atoms. The number of carbonyl (C=O) groups excluding carboxylic acids is 3. The van der Waals surface area contributed by atoms with Gasteiger partial charge in [-0.25, -0.2) is 0 Å². The van der Waals surface area contributed by atoms with Crippen LogP contribution in [0, 0.1) is 0 Å². The average molecular weight is 566 g/mol. The first-order valence-corrected chi connectivity index (χ1v) is 13.1. The van der Waals surface area contributed by atoms with Crippen LogP contribution in [0.4, 0.5) is 10.5 Å². The van der Waals surface area contributed by atoms with E-state index >= 15 is 0 Å². The van der Waals surface area contributed by atoms with Crippen molar-refractivity contribution in [3.8, 4) is 5.75 Å². The van der Waals surface area contributed by atoms with Crippen molar-refractivity contribution >= 4 is 74.7 Å². The number of halogens is 2. The van der Waals surface area contributed by atoms with Gasteiger partial charge in [-0.3, -0.25) is 19.3 Å². The molecule has 4 aromatic rings. The third-order valence-corrected chi connectivity index (χ3v) is 7.59. The van der Waals surface area contributed by atoms with E-state index in [1.54, 1.807) is 18.2 Å². The number of anilines is 1. The topological polar surface area (TPSA) is 80.6 Å². The molecule has 0 saturated carbocycles. The number of rotatable bonds is 7. The van der Waals surface area contributed by atoms with Crippen LogP contribution in [0.25, 0.3) is 17.0 Å². The molecule has 1 saturated heterocycles. The van der Waals surface area contributed by atoms with E-state index in [-0.39, 0.29) is 4.91 Å². The summed E-state index contributed by atoms with van der Waals surface area (Å²) >= 11 is 13.3. The number of methoxy groups -OCH3 is 1. The molecule has 0 radical (unpaired) electrons. The van der Waals surface area contributed by atoms with E-state index in [1.165, 1.54) is 13.2 Å². The minimum atomic E-state index is -0.522. The number of fused-ring (bicyclic) bond motifs is 1. The summed E-state index contributed by atoms with van der Waals surface area (Å²) in [5.74, 6) is -0.578. The molecule has 3 amide bonds. The van der Waals surface area contributed by atoms with Crippen LogP contribution in [0.3, 0.4) is 0 Å². The van der Waals surface area contributed by atoms with Gasteiger partial charge in [-0.2, -0.15) is 0 Å². The molecule has 3 aromatic carbocycles. The number of nitrogens with one attached hydrogen (secondary N) is 1. The van der Waals surface area contributed by atoms with Crippen LogP contribution in [0.1, 0.15) is 11.1 Å². The van der Waals surface area contributed by atoms with Gasteiger partial charge < -0.3 is 14.6 Å². The molecule has 7 nitrogen and oxygen atoms in total. The second-order valence-corrected chi connectivity index (χ2v) is 10.3. The Morgan fingerprint density at radius 3 is 2.55 bits per heavy atom. The zero-order valence-corrected chi connectivity index (χ0v) is 22.4. The summed E-state index contributed by atoms with van der Waals surface area (Å²) in [5.41, 5.74) is 3.14. The van der Waals surface area contributed by atoms with Crippen molar-refractivity contribution in [1.82, 2.24) is 9.47 Å². The Balaban J connectivity index is 1.36. The molecule has 0 atom stereocenters. The van der Waals surface area contributed by atoms with Gasteiger partial charge in [-0.05, 0) is 53.7 Å². The second-order valence-electron chi connectivity index (χ2n) is 8.49. The predicted octanol–water partition coefficient (Wildman–Crippen LogP) is 6.68. The first-order valence-electron chi connectivity index (χ1n) is 11.5. The lowest BCUT2D eigenvalue weighted by Gasteiger charge is -2.13. The van der Waals surface area contributed by atoms with E-state index in [1.807, 2.05) is 54.7 Å². The third kappa shape index (κ3) is 5.29. The Hall–Kier alpha value is -3.72. The van der Waals surface area contributed by atoms with Crippen LogP contribution < -0.4 is 10.1 Å². The van der Waals surface area contributed by atoms with Crippen molar-refractivity contribution in [2.45, 2.75) is 6.54 Å². The average Bonchev–Trinajstić information content (AvgIpc) is 3.37. The van der Waals surface area contributed by atoms with Gasteiger partial charge in [0.15, 0.2) is 0 Å². The monoisotopic (exact) mass is 565 g/mol. The lowest BCUT2D eigenvalue weighted by molar-refractivity contribution is -0.127. The Labute approximate surface area is 233 Å². The molecule has 2 heterocycles. The predicted molar refractivity (Wildman–Crippen MR) is 152 cm³/mol. The van der Waals surface area contributed by atoms with Crippen LogP contribution in [0.5, 0.6) is 5.75 Å². The second kappa shape index (κ2) is 10.9. The van der Waals surface area contributed by atoms with E-state index < -0.39 is 23.6 Å². The summed E-state index contributed by atoms with van der Waals surface area (Å²) in [7, 11) is 1.49. The lowest BCUT2D eigenvalue weighted by atomic mass is 10.1. The Bertz CT molecular complexity index is 1610. The van der Waals surface area contributed by atoms with Crippen molar-refractivity contribution in [1.29, 1.82) is 0 Å². The molecule has 0 spiro atoms. The lowest BCUT2D eigenvalue weighted by Crippen LogP contribution is -2.36. The van der Waals surface area contributed by atoms with Gasteiger partial charge in [-0.1, -0.05) is 59.6 Å². The highest BCUT2D eigenvalue weighted by atomic mass is 35.5. The summed E-state index contributed by atoms with van der Waals surface area (Å²) < 4.78 is 7.16. The third-order valence-electron chi connectivity index (χ3n) is 6.02. The zero-order chi connectivity index (χ0) is 26.8. The highest BCUT2D eigenvalue weighted by Crippen LogP contribution is 2.34. The number of ether oxygens (including phenoxy) is 1. The molecule has 0 aliphatic carbocycles. The number of hydrogen-bond acceptors (Lipinski definition) is 5. The first kappa shape index (κ1) is 25.9. The van der Waals surface area contributed by atoms with Crippen molar-refractivity contribution in [2.75, 3.05) is 19.0 Å². The fourth-order valence-corrected chi connectivity index (χ4v) is 5.48. The van der Waals surface area contributed by atoms with E-state index in [0.29, 0.717) is 28.0 Å². The highest BCUT2D eigenvalue weighted by molar-refractivity contribution is 8.18. The van der Waals surface area contributed by atoms with Crippen LogP contribution in [-0.4, -0.2) is 40.2 Å². The number of para-hydroxylation sites is 1. The van der Waals surface area contributed by atoms with E-state index in [4.69, 9.17) is 27.9 Å². The van der Waals surface area contributed by atoms with Crippen LogP contribution in [0.2, 0.25) is 10.0 Å². The summed E-state index contributed by atoms with van der Waals surface area (Å²) in [6.45, 7) is 0.130. The summed E-state index contributed by atoms with van der Waals surface area (Å²) in [6.07, 6.45) is 3.62. The molecular weight excluding hydrogens is 545 g/mol. The molecular formula is C28H21Cl2N3O4S. The SMILES string of the molecule is COc1ccc(NC(=O)CN2C(=O)S/C(=C/c3cn(Cc4ccccc4Cl)c4ccccc34)C2=O)cc1Cl. The molecule has 1 aromatic heterocycles. The van der Waals surface area contributed by atoms with Crippen molar-refractivity contribution in [3.63, 3.8) is 0 Å². The minimum absolute atomic E-state index is 0.246. The summed E-state index contributed by atoms with van der Waals surface area (Å²) in [6, 6.07) is 20.2. The van der Waals surface area contributed by atoms with E-state index in [2.05, 4.69) is 9.88 Å². The largest absolute Gasteiger partial charge is 0.495 e. The van der Waals surface area contributed by atoms with E-state index in [9.17, 15) is 14.4 Å². The number of thioether (sulfide) groups is 1. The van der Waals surface area contributed by atoms with Crippen LogP contribution in [0.15, 0.2) is 77.8 Å². The van der Waals surface area contributed by atoms with Crippen LogP contribution >= 0.6 is 35.0 Å². The maximum absolute atomic E-state index is 13.1. The van der Waals surface area contributed by atoms with Gasteiger partial charge in [0.25, 0.3) is 11.1 Å². The quantitative estimate of drug-likeness (QED) is 0.253. The van der Waals surface area contributed by atoms with Gasteiger partial charge in [0.05, 0.1) is 17.0 Å². The Kier molecular flexibility index (Phi) is 7.46. The fourth-order valence-electron chi connectivity index (χ4n) is 4.20. The molecule has 1 fully saturated rings. The molecule has 1 N–H and O–H groups in total. The number of benzene rings is 3. The summed E-state index contributed by atoms with van der Waals surface area (Å²) in [4.78, 5) is 39.5. The van der Waals surface area contributed by atoms with Crippen molar-refractivity contribution in [2.24, 2.45) is 0 Å². The Morgan fingerprint density at radius 1 is 1.03 bits per heavy atom. The van der Waals surface area contributed by atoms with Gasteiger partial charge in [0.1, 0.15) is 12.3 Å². The van der Waals surface area contributed by atoms with Gasteiger partial charge in [0.2, 0.25) is 5.91 Å². The molecule has 10 heteroatoms. The number of nitrogens with zero attached hydrogens (tertiary/aromatic N) is 2. The Morgan fingerprint density at radius 2 is 1.79 bits per heavy atom. The maximum atomic E-state index is 13.1. The van der Waals surface area contributed by atoms with Gasteiger partial charge in [0, 0.05) is 39.9 Å². The zero-order valence-electron chi connectivity index (χ0n) is 20.1. The number of carbonyl (C=O) groups is 3. The molecule has 1 aliphatic heterocycles. The molecule has 38 heavy (non-hydrogen) atoms. The first-order chi connectivity index (χ1) is 18.3. The molecule has 192 valence electrons.